The van der Waals surface area contributed by atoms with Crippen LogP contribution in [0.5, 0.6) is 0 Å². The molecule has 2 N–H and O–H groups in total. The van der Waals surface area contributed by atoms with E-state index in [0.717, 1.165) is 18.2 Å². The van der Waals surface area contributed by atoms with Gasteiger partial charge < -0.3 is 10.1 Å². The summed E-state index contributed by atoms with van der Waals surface area (Å²) in [5.41, 5.74) is -0.0747. The number of carbonyl (C=O) groups is 2. The molecule has 0 aliphatic heterocycles. The molecule has 2 aromatic carbocycles. The van der Waals surface area contributed by atoms with Crippen LogP contribution in [0, 0.1) is 5.82 Å². The van der Waals surface area contributed by atoms with Gasteiger partial charge >= 0.3 is 5.97 Å². The molecule has 0 aliphatic carbocycles. The molecule has 0 saturated heterocycles. The van der Waals surface area contributed by atoms with Gasteiger partial charge in [-0.25, -0.2) is 22.3 Å². The number of hydrogen-bond acceptors (Lipinski definition) is 5. The number of rotatable bonds is 6. The molecule has 0 bridgehead atoms. The molecular weight excluding hydrogens is 363 g/mol. The van der Waals surface area contributed by atoms with E-state index in [-0.39, 0.29) is 4.90 Å². The molecule has 1 unspecified atom stereocenters. The third-order valence-corrected chi connectivity index (χ3v) is 4.84. The zero-order valence-electron chi connectivity index (χ0n) is 14.0. The standard InChI is InChI=1S/C17H17FN2O5S/c1-11(16(21)20-12-6-4-3-5-7-12)25-17(22)14-10-13(8-9-15(14)18)26(23,24)19-2/h3-11,19H,1-2H3,(H,20,21). The van der Waals surface area contributed by atoms with Gasteiger partial charge in [-0.1, -0.05) is 18.2 Å². The van der Waals surface area contributed by atoms with Crippen LogP contribution in [0.1, 0.15) is 17.3 Å². The minimum absolute atomic E-state index is 0.297. The lowest BCUT2D eigenvalue weighted by atomic mass is 10.2. The number of hydrogen-bond donors (Lipinski definition) is 2. The van der Waals surface area contributed by atoms with Gasteiger partial charge in [0, 0.05) is 5.69 Å². The number of amides is 1. The second-order valence-electron chi connectivity index (χ2n) is 5.25. The topological polar surface area (TPSA) is 102 Å². The second-order valence-corrected chi connectivity index (χ2v) is 7.14. The Morgan fingerprint density at radius 2 is 1.77 bits per heavy atom. The van der Waals surface area contributed by atoms with Crippen LogP contribution < -0.4 is 10.0 Å². The zero-order chi connectivity index (χ0) is 19.3. The van der Waals surface area contributed by atoms with Crippen molar-refractivity contribution in [1.29, 1.82) is 0 Å². The number of sulfonamides is 1. The van der Waals surface area contributed by atoms with E-state index >= 15 is 0 Å². The van der Waals surface area contributed by atoms with E-state index in [9.17, 15) is 22.4 Å². The van der Waals surface area contributed by atoms with Crippen molar-refractivity contribution in [2.45, 2.75) is 17.9 Å². The van der Waals surface area contributed by atoms with E-state index in [2.05, 4.69) is 10.0 Å². The lowest BCUT2D eigenvalue weighted by molar-refractivity contribution is -0.123. The quantitative estimate of drug-likeness (QED) is 0.746. The Hall–Kier alpha value is -2.78. The molecule has 7 nitrogen and oxygen atoms in total. The molecule has 0 heterocycles. The number of carbonyl (C=O) groups excluding carboxylic acids is 2. The fraction of sp³-hybridized carbons (Fsp3) is 0.176. The summed E-state index contributed by atoms with van der Waals surface area (Å²) in [6.45, 7) is 1.32. The molecular formula is C17H17FN2O5S. The first kappa shape index (κ1) is 19.5. The number of ether oxygens (including phenoxy) is 1. The lowest BCUT2D eigenvalue weighted by Gasteiger charge is -2.14. The smallest absolute Gasteiger partial charge is 0.341 e. The monoisotopic (exact) mass is 380 g/mol. The van der Waals surface area contributed by atoms with Crippen LogP contribution in [0.4, 0.5) is 10.1 Å². The Bertz CT molecular complexity index is 916. The fourth-order valence-corrected chi connectivity index (χ4v) is 2.74. The van der Waals surface area contributed by atoms with Crippen LogP contribution in [-0.2, 0) is 19.6 Å². The molecule has 26 heavy (non-hydrogen) atoms. The average Bonchev–Trinajstić information content (AvgIpc) is 2.62. The Kier molecular flexibility index (Phi) is 6.06. The van der Waals surface area contributed by atoms with Crippen LogP contribution >= 0.6 is 0 Å². The molecule has 1 atom stereocenters. The maximum Gasteiger partial charge on any atom is 0.341 e. The van der Waals surface area contributed by atoms with Gasteiger partial charge in [-0.05, 0) is 44.3 Å². The first-order valence-corrected chi connectivity index (χ1v) is 9.03. The largest absolute Gasteiger partial charge is 0.449 e. The number of anilines is 1. The number of benzene rings is 2. The summed E-state index contributed by atoms with van der Waals surface area (Å²) in [4.78, 5) is 23.9. The van der Waals surface area contributed by atoms with Gasteiger partial charge in [0.25, 0.3) is 5.91 Å². The van der Waals surface area contributed by atoms with Crippen molar-refractivity contribution in [2.24, 2.45) is 0 Å². The van der Waals surface area contributed by atoms with Gasteiger partial charge in [-0.3, -0.25) is 4.79 Å². The normalized spacial score (nSPS) is 12.3. The van der Waals surface area contributed by atoms with Gasteiger partial charge in [-0.15, -0.1) is 0 Å². The molecule has 0 radical (unpaired) electrons. The Morgan fingerprint density at radius 3 is 2.38 bits per heavy atom. The Balaban J connectivity index is 2.14. The average molecular weight is 380 g/mol. The van der Waals surface area contributed by atoms with Crippen LogP contribution in [0.15, 0.2) is 53.4 Å². The highest BCUT2D eigenvalue weighted by Crippen LogP contribution is 2.17. The fourth-order valence-electron chi connectivity index (χ4n) is 1.99. The van der Waals surface area contributed by atoms with Gasteiger partial charge in [0.2, 0.25) is 10.0 Å². The third-order valence-electron chi connectivity index (χ3n) is 3.43. The lowest BCUT2D eigenvalue weighted by Crippen LogP contribution is -2.30. The minimum atomic E-state index is -3.86. The van der Waals surface area contributed by atoms with Gasteiger partial charge in [0.1, 0.15) is 5.82 Å². The summed E-state index contributed by atoms with van der Waals surface area (Å²) in [7, 11) is -2.67. The zero-order valence-corrected chi connectivity index (χ0v) is 14.8. The van der Waals surface area contributed by atoms with E-state index in [1.54, 1.807) is 30.3 Å². The molecule has 0 saturated carbocycles. The van der Waals surface area contributed by atoms with Crippen molar-refractivity contribution < 1.29 is 27.1 Å². The number of nitrogens with one attached hydrogen (secondary N) is 2. The molecule has 9 heteroatoms. The number of halogens is 1. The highest BCUT2D eigenvalue weighted by molar-refractivity contribution is 7.89. The summed E-state index contributed by atoms with van der Waals surface area (Å²) in [5.74, 6) is -2.71. The van der Waals surface area contributed by atoms with E-state index in [4.69, 9.17) is 4.74 Å². The van der Waals surface area contributed by atoms with Crippen molar-refractivity contribution in [3.05, 3.63) is 59.9 Å². The number of esters is 1. The van der Waals surface area contributed by atoms with Crippen LogP contribution in [0.3, 0.4) is 0 Å². The highest BCUT2D eigenvalue weighted by Gasteiger charge is 2.23. The van der Waals surface area contributed by atoms with Crippen molar-refractivity contribution in [3.63, 3.8) is 0 Å². The molecule has 138 valence electrons. The summed E-state index contributed by atoms with van der Waals surface area (Å²) >= 11 is 0. The summed E-state index contributed by atoms with van der Waals surface area (Å²) in [6, 6.07) is 11.2. The van der Waals surface area contributed by atoms with Crippen LogP contribution in [0.25, 0.3) is 0 Å². The molecule has 1 amide bonds. The van der Waals surface area contributed by atoms with Crippen molar-refractivity contribution in [2.75, 3.05) is 12.4 Å². The molecule has 0 spiro atoms. The predicted octanol–water partition coefficient (Wildman–Crippen LogP) is 1.92. The van der Waals surface area contributed by atoms with Gasteiger partial charge in [0.05, 0.1) is 10.5 Å². The van der Waals surface area contributed by atoms with Crippen molar-refractivity contribution >= 4 is 27.6 Å². The molecule has 0 aromatic heterocycles. The summed E-state index contributed by atoms with van der Waals surface area (Å²) in [5, 5.41) is 2.54. The Morgan fingerprint density at radius 1 is 1.12 bits per heavy atom. The minimum Gasteiger partial charge on any atom is -0.449 e. The number of para-hydroxylation sites is 1. The maximum atomic E-state index is 13.9. The maximum absolute atomic E-state index is 13.9. The highest BCUT2D eigenvalue weighted by atomic mass is 32.2. The molecule has 2 aromatic rings. The van der Waals surface area contributed by atoms with E-state index in [0.29, 0.717) is 5.69 Å². The van der Waals surface area contributed by atoms with Gasteiger partial charge in [-0.2, -0.15) is 0 Å². The first-order chi connectivity index (χ1) is 12.2. The summed E-state index contributed by atoms with van der Waals surface area (Å²) < 4.78 is 44.4. The van der Waals surface area contributed by atoms with Crippen molar-refractivity contribution in [3.8, 4) is 0 Å². The SMILES string of the molecule is CNS(=O)(=O)c1ccc(F)c(C(=O)OC(C)C(=O)Nc2ccccc2)c1. The van der Waals surface area contributed by atoms with Crippen LogP contribution in [0.2, 0.25) is 0 Å². The van der Waals surface area contributed by atoms with Crippen LogP contribution in [-0.4, -0.2) is 33.4 Å². The van der Waals surface area contributed by atoms with E-state index < -0.39 is 39.4 Å². The predicted molar refractivity (Wildman–Crippen MR) is 92.6 cm³/mol. The van der Waals surface area contributed by atoms with E-state index in [1.807, 2.05) is 0 Å². The van der Waals surface area contributed by atoms with Gasteiger partial charge in [0.15, 0.2) is 6.10 Å². The summed E-state index contributed by atoms with van der Waals surface area (Å²) in [6.07, 6.45) is -1.22. The molecule has 2 rings (SSSR count). The van der Waals surface area contributed by atoms with Crippen molar-refractivity contribution in [1.82, 2.24) is 4.72 Å². The van der Waals surface area contributed by atoms with E-state index in [1.165, 1.54) is 14.0 Å². The molecule has 0 aliphatic rings. The second kappa shape index (κ2) is 8.07. The third kappa shape index (κ3) is 4.64. The first-order valence-electron chi connectivity index (χ1n) is 7.54. The molecule has 0 fully saturated rings. The Labute approximate surface area is 150 Å².